The van der Waals surface area contributed by atoms with Gasteiger partial charge in [0.05, 0.1) is 5.56 Å². The van der Waals surface area contributed by atoms with E-state index in [4.69, 9.17) is 0 Å². The van der Waals surface area contributed by atoms with Gasteiger partial charge < -0.3 is 4.79 Å². The minimum Gasteiger partial charge on any atom is -0.303 e. The Morgan fingerprint density at radius 2 is 2.05 bits per heavy atom. The molecular formula is C17H21F3O. The number of hydrogen-bond acceptors (Lipinski definition) is 1. The summed E-state index contributed by atoms with van der Waals surface area (Å²) in [5, 5.41) is 0. The monoisotopic (exact) mass is 298 g/mol. The fourth-order valence-corrected chi connectivity index (χ4v) is 3.29. The normalized spacial score (nSPS) is 22.5. The van der Waals surface area contributed by atoms with Crippen LogP contribution in [0.25, 0.3) is 0 Å². The van der Waals surface area contributed by atoms with Gasteiger partial charge in [0, 0.05) is 6.42 Å². The van der Waals surface area contributed by atoms with E-state index in [1.165, 1.54) is 6.07 Å². The SMILES string of the molecule is CCC1CCC(c2ccc(CCC=O)c(C(F)(F)F)c2)C1. The van der Waals surface area contributed by atoms with Gasteiger partial charge in [0.1, 0.15) is 6.29 Å². The molecule has 1 aromatic carbocycles. The van der Waals surface area contributed by atoms with Gasteiger partial charge in [-0.2, -0.15) is 13.2 Å². The molecule has 0 heterocycles. The van der Waals surface area contributed by atoms with E-state index in [1.54, 1.807) is 6.07 Å². The molecule has 21 heavy (non-hydrogen) atoms. The lowest BCUT2D eigenvalue weighted by atomic mass is 9.91. The van der Waals surface area contributed by atoms with Crippen molar-refractivity contribution in [1.82, 2.24) is 0 Å². The van der Waals surface area contributed by atoms with Crippen molar-refractivity contribution in [2.45, 2.75) is 57.5 Å². The molecule has 1 saturated carbocycles. The van der Waals surface area contributed by atoms with Crippen molar-refractivity contribution in [3.8, 4) is 0 Å². The van der Waals surface area contributed by atoms with Crippen LogP contribution in [0.15, 0.2) is 18.2 Å². The first-order chi connectivity index (χ1) is 9.95. The third kappa shape index (κ3) is 3.86. The van der Waals surface area contributed by atoms with E-state index in [0.29, 0.717) is 12.2 Å². The van der Waals surface area contributed by atoms with Crippen LogP contribution in [0.5, 0.6) is 0 Å². The fraction of sp³-hybridized carbons (Fsp3) is 0.588. The van der Waals surface area contributed by atoms with Crippen LogP contribution in [-0.4, -0.2) is 6.29 Å². The number of halogens is 3. The van der Waals surface area contributed by atoms with Gasteiger partial charge in [-0.05, 0) is 54.7 Å². The molecule has 2 atom stereocenters. The van der Waals surface area contributed by atoms with Crippen molar-refractivity contribution in [2.75, 3.05) is 0 Å². The van der Waals surface area contributed by atoms with Crippen LogP contribution in [0.2, 0.25) is 0 Å². The quantitative estimate of drug-likeness (QED) is 0.689. The predicted octanol–water partition coefficient (Wildman–Crippen LogP) is 5.13. The van der Waals surface area contributed by atoms with Gasteiger partial charge >= 0.3 is 6.18 Å². The Balaban J connectivity index is 2.27. The Bertz CT molecular complexity index is 493. The summed E-state index contributed by atoms with van der Waals surface area (Å²) in [6.07, 6.45) is 0.763. The zero-order valence-corrected chi connectivity index (χ0v) is 12.2. The average Bonchev–Trinajstić information content (AvgIpc) is 2.93. The molecule has 1 nitrogen and oxygen atoms in total. The molecule has 0 saturated heterocycles. The van der Waals surface area contributed by atoms with Crippen LogP contribution in [0.3, 0.4) is 0 Å². The van der Waals surface area contributed by atoms with E-state index in [0.717, 1.165) is 31.2 Å². The zero-order chi connectivity index (χ0) is 15.5. The first-order valence-electron chi connectivity index (χ1n) is 7.59. The summed E-state index contributed by atoms with van der Waals surface area (Å²) in [6.45, 7) is 2.14. The summed E-state index contributed by atoms with van der Waals surface area (Å²) in [4.78, 5) is 10.4. The fourth-order valence-electron chi connectivity index (χ4n) is 3.29. The summed E-state index contributed by atoms with van der Waals surface area (Å²) in [5.74, 6) is 0.884. The largest absolute Gasteiger partial charge is 0.416 e. The summed E-state index contributed by atoms with van der Waals surface area (Å²) in [7, 11) is 0. The van der Waals surface area contributed by atoms with Gasteiger partial charge in [0.15, 0.2) is 0 Å². The highest BCUT2D eigenvalue weighted by molar-refractivity contribution is 5.50. The maximum atomic E-state index is 13.2. The number of hydrogen-bond donors (Lipinski definition) is 0. The lowest BCUT2D eigenvalue weighted by molar-refractivity contribution is -0.138. The molecule has 0 N–H and O–H groups in total. The number of benzene rings is 1. The van der Waals surface area contributed by atoms with Crippen molar-refractivity contribution in [3.05, 3.63) is 34.9 Å². The molecule has 0 bridgehead atoms. The highest BCUT2D eigenvalue weighted by Crippen LogP contribution is 2.42. The first kappa shape index (κ1) is 16.1. The molecule has 116 valence electrons. The highest BCUT2D eigenvalue weighted by Gasteiger charge is 2.34. The van der Waals surface area contributed by atoms with E-state index in [9.17, 15) is 18.0 Å². The average molecular weight is 298 g/mol. The van der Waals surface area contributed by atoms with Gasteiger partial charge in [0.2, 0.25) is 0 Å². The maximum absolute atomic E-state index is 13.2. The molecule has 1 aromatic rings. The number of aryl methyl sites for hydroxylation is 1. The second-order valence-electron chi connectivity index (χ2n) is 5.90. The predicted molar refractivity (Wildman–Crippen MR) is 76.2 cm³/mol. The summed E-state index contributed by atoms with van der Waals surface area (Å²) in [5.41, 5.74) is 0.457. The van der Waals surface area contributed by atoms with Crippen molar-refractivity contribution >= 4 is 6.29 Å². The minimum absolute atomic E-state index is 0.129. The van der Waals surface area contributed by atoms with E-state index in [-0.39, 0.29) is 24.3 Å². The molecule has 0 radical (unpaired) electrons. The van der Waals surface area contributed by atoms with E-state index < -0.39 is 11.7 Å². The third-order valence-corrected chi connectivity index (χ3v) is 4.56. The topological polar surface area (TPSA) is 17.1 Å². The number of aldehydes is 1. The highest BCUT2D eigenvalue weighted by atomic mass is 19.4. The van der Waals surface area contributed by atoms with Crippen LogP contribution in [0, 0.1) is 5.92 Å². The number of alkyl halides is 3. The minimum atomic E-state index is -4.35. The molecule has 1 aliphatic carbocycles. The van der Waals surface area contributed by atoms with Crippen LogP contribution in [0.4, 0.5) is 13.2 Å². The standard InChI is InChI=1S/C17H21F3O/c1-2-12-5-6-14(10-12)15-8-7-13(4-3-9-21)16(11-15)17(18,19)20/h7-9,11-12,14H,2-6,10H2,1H3. The molecule has 0 spiro atoms. The van der Waals surface area contributed by atoms with E-state index >= 15 is 0 Å². The first-order valence-corrected chi connectivity index (χ1v) is 7.59. The summed E-state index contributed by atoms with van der Waals surface area (Å²) in [6, 6.07) is 4.68. The Morgan fingerprint density at radius 3 is 2.62 bits per heavy atom. The van der Waals surface area contributed by atoms with Crippen molar-refractivity contribution in [2.24, 2.45) is 5.92 Å². The molecule has 1 fully saturated rings. The second-order valence-corrected chi connectivity index (χ2v) is 5.90. The molecule has 4 heteroatoms. The van der Waals surface area contributed by atoms with Gasteiger partial charge in [0.25, 0.3) is 0 Å². The Hall–Kier alpha value is -1.32. The molecule has 2 unspecified atom stereocenters. The van der Waals surface area contributed by atoms with Crippen LogP contribution in [-0.2, 0) is 17.4 Å². The molecule has 0 amide bonds. The van der Waals surface area contributed by atoms with Gasteiger partial charge in [-0.1, -0.05) is 25.5 Å². The van der Waals surface area contributed by atoms with Gasteiger partial charge in [-0.3, -0.25) is 0 Å². The molecule has 1 aliphatic rings. The summed E-state index contributed by atoms with van der Waals surface area (Å²) < 4.78 is 39.6. The van der Waals surface area contributed by atoms with E-state index in [2.05, 4.69) is 6.92 Å². The van der Waals surface area contributed by atoms with Gasteiger partial charge in [-0.25, -0.2) is 0 Å². The molecular weight excluding hydrogens is 277 g/mol. The number of rotatable bonds is 5. The molecule has 0 aromatic heterocycles. The van der Waals surface area contributed by atoms with Crippen molar-refractivity contribution in [3.63, 3.8) is 0 Å². The number of carbonyl (C=O) groups is 1. The Morgan fingerprint density at radius 1 is 1.29 bits per heavy atom. The summed E-state index contributed by atoms with van der Waals surface area (Å²) >= 11 is 0. The number of carbonyl (C=O) groups excluding carboxylic acids is 1. The Labute approximate surface area is 123 Å². The molecule has 0 aliphatic heterocycles. The third-order valence-electron chi connectivity index (χ3n) is 4.56. The maximum Gasteiger partial charge on any atom is 0.416 e. The second kappa shape index (κ2) is 6.63. The van der Waals surface area contributed by atoms with E-state index in [1.807, 2.05) is 6.07 Å². The van der Waals surface area contributed by atoms with Crippen molar-refractivity contribution < 1.29 is 18.0 Å². The van der Waals surface area contributed by atoms with Crippen molar-refractivity contribution in [1.29, 1.82) is 0 Å². The Kier molecular flexibility index (Phi) is 5.07. The smallest absolute Gasteiger partial charge is 0.303 e. The van der Waals surface area contributed by atoms with Gasteiger partial charge in [-0.15, -0.1) is 0 Å². The van der Waals surface area contributed by atoms with Crippen LogP contribution >= 0.6 is 0 Å². The van der Waals surface area contributed by atoms with Crippen LogP contribution in [0.1, 0.15) is 61.6 Å². The zero-order valence-electron chi connectivity index (χ0n) is 12.2. The molecule has 2 rings (SSSR count). The lowest BCUT2D eigenvalue weighted by Gasteiger charge is -2.17. The van der Waals surface area contributed by atoms with Crippen LogP contribution < -0.4 is 0 Å². The lowest BCUT2D eigenvalue weighted by Crippen LogP contribution is -2.11.